The highest BCUT2D eigenvalue weighted by atomic mass is 35.5. The van der Waals surface area contributed by atoms with E-state index in [4.69, 9.17) is 16.3 Å². The Kier molecular flexibility index (Phi) is 6.50. The van der Waals surface area contributed by atoms with Gasteiger partial charge in [-0.15, -0.1) is 11.3 Å². The number of aromatic nitrogens is 1. The van der Waals surface area contributed by atoms with Crippen LogP contribution in [-0.4, -0.2) is 35.8 Å². The molecule has 1 aromatic heterocycles. The molecule has 3 aromatic rings. The molecule has 1 amide bonds. The molecular weight excluding hydrogens is 520 g/mol. The molecule has 2 aliphatic heterocycles. The molecule has 8 nitrogen and oxygen atoms in total. The van der Waals surface area contributed by atoms with E-state index in [0.29, 0.717) is 19.9 Å². The fourth-order valence-corrected chi connectivity index (χ4v) is 6.65. The van der Waals surface area contributed by atoms with Crippen LogP contribution in [0.15, 0.2) is 63.3 Å². The summed E-state index contributed by atoms with van der Waals surface area (Å²) in [4.78, 5) is 42.3. The van der Waals surface area contributed by atoms with Crippen molar-refractivity contribution in [3.8, 4) is 0 Å². The number of thioether (sulfide) groups is 1. The second-order valence-corrected chi connectivity index (χ2v) is 10.5. The lowest BCUT2D eigenvalue weighted by molar-refractivity contribution is -0.141. The van der Waals surface area contributed by atoms with Gasteiger partial charge in [0.15, 0.2) is 0 Å². The Bertz CT molecular complexity index is 1610. The molecule has 2 aromatic carbocycles. The maximum atomic E-state index is 13.6. The molecule has 0 saturated heterocycles. The number of halogens is 1. The van der Waals surface area contributed by atoms with Crippen LogP contribution in [0.2, 0.25) is 5.02 Å². The zero-order valence-corrected chi connectivity index (χ0v) is 22.0. The highest BCUT2D eigenvalue weighted by Crippen LogP contribution is 2.46. The van der Waals surface area contributed by atoms with Crippen LogP contribution in [0.5, 0.6) is 0 Å². The van der Waals surface area contributed by atoms with Crippen molar-refractivity contribution >= 4 is 74.3 Å². The lowest BCUT2D eigenvalue weighted by atomic mass is 10.1. The minimum atomic E-state index is -0.494. The zero-order valence-electron chi connectivity index (χ0n) is 19.6. The van der Waals surface area contributed by atoms with Crippen LogP contribution in [0.4, 0.5) is 11.4 Å². The largest absolute Gasteiger partial charge is 0.466 e. The van der Waals surface area contributed by atoms with E-state index < -0.39 is 11.9 Å². The highest BCUT2D eigenvalue weighted by Gasteiger charge is 2.35. The minimum absolute atomic E-state index is 0.186. The van der Waals surface area contributed by atoms with Crippen molar-refractivity contribution in [3.63, 3.8) is 0 Å². The number of hydrazone groups is 1. The quantitative estimate of drug-likeness (QED) is 0.473. The molecule has 3 heterocycles. The summed E-state index contributed by atoms with van der Waals surface area (Å²) >= 11 is 8.86. The lowest BCUT2D eigenvalue weighted by Crippen LogP contribution is -2.34. The van der Waals surface area contributed by atoms with E-state index in [1.54, 1.807) is 38.2 Å². The van der Waals surface area contributed by atoms with Gasteiger partial charge in [-0.25, -0.2) is 0 Å². The first-order valence-electron chi connectivity index (χ1n) is 11.1. The van der Waals surface area contributed by atoms with E-state index in [2.05, 4.69) is 5.10 Å². The molecule has 36 heavy (non-hydrogen) atoms. The average Bonchev–Trinajstić information content (AvgIpc) is 3.46. The summed E-state index contributed by atoms with van der Waals surface area (Å²) in [7, 11) is 3.50. The van der Waals surface area contributed by atoms with Gasteiger partial charge in [0.2, 0.25) is 0 Å². The zero-order chi connectivity index (χ0) is 25.6. The third-order valence-corrected chi connectivity index (χ3v) is 8.58. The van der Waals surface area contributed by atoms with Crippen molar-refractivity contribution in [1.82, 2.24) is 4.57 Å². The van der Waals surface area contributed by atoms with Gasteiger partial charge in [-0.3, -0.25) is 14.4 Å². The number of hydrogen-bond donors (Lipinski definition) is 0. The van der Waals surface area contributed by atoms with Gasteiger partial charge in [0, 0.05) is 24.0 Å². The Labute approximate surface area is 219 Å². The number of rotatable bonds is 4. The molecule has 0 unspecified atom stereocenters. The predicted octanol–water partition coefficient (Wildman–Crippen LogP) is 2.91. The highest BCUT2D eigenvalue weighted by molar-refractivity contribution is 8.08. The van der Waals surface area contributed by atoms with Gasteiger partial charge < -0.3 is 14.2 Å². The van der Waals surface area contributed by atoms with E-state index >= 15 is 0 Å². The second-order valence-electron chi connectivity index (χ2n) is 8.03. The molecule has 0 fully saturated rings. The fraction of sp³-hybridized carbons (Fsp3) is 0.200. The molecule has 0 saturated carbocycles. The SMILES string of the molecule is CCOC(=O)CC1=NN(c2ccccc2)C(=O)/C1=c1/s/c(=C2\Sc3ccc(Cl)cc3N2C)c(=O)n1C. The van der Waals surface area contributed by atoms with Crippen LogP contribution < -0.4 is 24.7 Å². The molecule has 11 heteroatoms. The first-order valence-corrected chi connectivity index (χ1v) is 13.1. The van der Waals surface area contributed by atoms with E-state index in [0.717, 1.165) is 15.6 Å². The van der Waals surface area contributed by atoms with Crippen molar-refractivity contribution < 1.29 is 14.3 Å². The van der Waals surface area contributed by atoms with Gasteiger partial charge >= 0.3 is 5.97 Å². The maximum absolute atomic E-state index is 13.6. The number of anilines is 2. The minimum Gasteiger partial charge on any atom is -0.466 e. The number of esters is 1. The van der Waals surface area contributed by atoms with Crippen LogP contribution in [-0.2, 0) is 21.4 Å². The van der Waals surface area contributed by atoms with E-state index in [-0.39, 0.29) is 29.9 Å². The third-order valence-electron chi connectivity index (χ3n) is 5.74. The predicted molar refractivity (Wildman–Crippen MR) is 144 cm³/mol. The van der Waals surface area contributed by atoms with E-state index in [1.807, 2.05) is 36.2 Å². The Morgan fingerprint density at radius 3 is 2.58 bits per heavy atom. The van der Waals surface area contributed by atoms with Crippen LogP contribution >= 0.6 is 34.7 Å². The van der Waals surface area contributed by atoms with E-state index in [1.165, 1.54) is 32.7 Å². The molecule has 0 radical (unpaired) electrons. The Morgan fingerprint density at radius 1 is 1.11 bits per heavy atom. The number of amides is 1. The van der Waals surface area contributed by atoms with Crippen molar-refractivity contribution in [3.05, 3.63) is 73.1 Å². The molecule has 0 spiro atoms. The third kappa shape index (κ3) is 4.15. The average molecular weight is 541 g/mol. The van der Waals surface area contributed by atoms with Gasteiger partial charge in [-0.2, -0.15) is 10.1 Å². The molecule has 0 bridgehead atoms. The number of thiazole rings is 1. The first-order chi connectivity index (χ1) is 17.3. The van der Waals surface area contributed by atoms with Crippen LogP contribution in [0.25, 0.3) is 10.6 Å². The number of benzene rings is 2. The van der Waals surface area contributed by atoms with Crippen LogP contribution in [0.3, 0.4) is 0 Å². The lowest BCUT2D eigenvalue weighted by Gasteiger charge is -2.12. The summed E-state index contributed by atoms with van der Waals surface area (Å²) in [5.41, 5.74) is 1.71. The smallest absolute Gasteiger partial charge is 0.311 e. The number of para-hydroxylation sites is 1. The number of hydrogen-bond acceptors (Lipinski definition) is 8. The van der Waals surface area contributed by atoms with E-state index in [9.17, 15) is 14.4 Å². The van der Waals surface area contributed by atoms with Crippen molar-refractivity contribution in [2.24, 2.45) is 12.1 Å². The number of nitrogens with zero attached hydrogens (tertiary/aromatic N) is 4. The Hall–Kier alpha value is -3.34. The van der Waals surface area contributed by atoms with Crippen LogP contribution in [0.1, 0.15) is 13.3 Å². The maximum Gasteiger partial charge on any atom is 0.311 e. The molecule has 0 N–H and O–H groups in total. The summed E-state index contributed by atoms with van der Waals surface area (Å²) in [5, 5.41) is 7.09. The summed E-state index contributed by atoms with van der Waals surface area (Å²) in [6.07, 6.45) is -0.186. The summed E-state index contributed by atoms with van der Waals surface area (Å²) in [6.45, 7) is 1.93. The van der Waals surface area contributed by atoms with Crippen LogP contribution in [0, 0.1) is 0 Å². The normalized spacial score (nSPS) is 18.0. The molecule has 0 aliphatic carbocycles. The van der Waals surface area contributed by atoms with Crippen molar-refractivity contribution in [2.75, 3.05) is 23.6 Å². The van der Waals surface area contributed by atoms with Crippen molar-refractivity contribution in [1.29, 1.82) is 0 Å². The van der Waals surface area contributed by atoms with Gasteiger partial charge in [-0.05, 0) is 37.3 Å². The van der Waals surface area contributed by atoms with Gasteiger partial charge in [0.25, 0.3) is 11.5 Å². The standard InChI is InChI=1S/C25H21ClN4O4S2/c1-4-34-19(31)13-16-20(22(32)30(27-16)15-8-6-5-7-9-15)24-29(3)23(33)21(36-24)25-28(2)17-12-14(26)10-11-18(17)35-25/h5-12H,4,13H2,1-3H3/b24-20+,25-21-. The monoisotopic (exact) mass is 540 g/mol. The van der Waals surface area contributed by atoms with Crippen molar-refractivity contribution in [2.45, 2.75) is 18.2 Å². The number of fused-ring (bicyclic) bond motifs is 1. The molecule has 184 valence electrons. The summed E-state index contributed by atoms with van der Waals surface area (Å²) in [6, 6.07) is 14.5. The Balaban J connectivity index is 1.70. The molecular formula is C25H21ClN4O4S2. The topological polar surface area (TPSA) is 84.2 Å². The Morgan fingerprint density at radius 2 is 1.86 bits per heavy atom. The number of ether oxygens (including phenoxy) is 1. The fourth-order valence-electron chi connectivity index (χ4n) is 4.00. The summed E-state index contributed by atoms with van der Waals surface area (Å²) < 4.78 is 7.47. The number of carbonyl (C=O) groups is 2. The van der Waals surface area contributed by atoms with Gasteiger partial charge in [0.05, 0.1) is 35.7 Å². The summed E-state index contributed by atoms with van der Waals surface area (Å²) in [5.74, 6) is -0.901. The second kappa shape index (κ2) is 9.61. The molecule has 2 aliphatic rings. The molecule has 0 atom stereocenters. The molecule has 5 rings (SSSR count). The number of carbonyl (C=O) groups excluding carboxylic acids is 2. The van der Waals surface area contributed by atoms with Gasteiger partial charge in [0.1, 0.15) is 14.2 Å². The van der Waals surface area contributed by atoms with Gasteiger partial charge in [-0.1, -0.05) is 41.6 Å². The first kappa shape index (κ1) is 24.4.